The Morgan fingerprint density at radius 2 is 2.29 bits per heavy atom. The minimum atomic E-state index is 0.300. The molecule has 0 aromatic heterocycles. The van der Waals surface area contributed by atoms with E-state index in [1.54, 1.807) is 12.3 Å². The third kappa shape index (κ3) is 3.30. The molecule has 3 heteroatoms. The summed E-state index contributed by atoms with van der Waals surface area (Å²) in [7, 11) is 2.18. The molecule has 0 aliphatic carbocycles. The van der Waals surface area contributed by atoms with Crippen LogP contribution >= 0.6 is 0 Å². The number of rotatable bonds is 4. The van der Waals surface area contributed by atoms with Crippen molar-refractivity contribution in [1.82, 2.24) is 4.90 Å². The van der Waals surface area contributed by atoms with Gasteiger partial charge in [0.15, 0.2) is 0 Å². The fourth-order valence-corrected chi connectivity index (χ4v) is 2.33. The van der Waals surface area contributed by atoms with E-state index in [2.05, 4.69) is 16.9 Å². The monoisotopic (exact) mass is 232 g/mol. The number of likely N-dealkylation sites (tertiary alicyclic amines) is 1. The van der Waals surface area contributed by atoms with Crippen LogP contribution in [0.1, 0.15) is 24.8 Å². The Kier molecular flexibility index (Phi) is 4.15. The van der Waals surface area contributed by atoms with E-state index in [4.69, 9.17) is 0 Å². The van der Waals surface area contributed by atoms with Gasteiger partial charge in [-0.05, 0) is 45.0 Å². The number of para-hydroxylation sites is 1. The second-order valence-electron chi connectivity index (χ2n) is 4.66. The van der Waals surface area contributed by atoms with Gasteiger partial charge in [-0.3, -0.25) is 4.99 Å². The maximum absolute atomic E-state index is 9.56. The highest BCUT2D eigenvalue weighted by molar-refractivity contribution is 5.83. The highest BCUT2D eigenvalue weighted by Crippen LogP contribution is 2.17. The Bertz CT molecular complexity index is 390. The Labute approximate surface area is 103 Å². The molecule has 1 aliphatic heterocycles. The molecule has 1 fully saturated rings. The van der Waals surface area contributed by atoms with Crippen LogP contribution in [0.4, 0.5) is 0 Å². The molecule has 0 saturated carbocycles. The quantitative estimate of drug-likeness (QED) is 0.808. The van der Waals surface area contributed by atoms with Gasteiger partial charge in [0.05, 0.1) is 0 Å². The summed E-state index contributed by atoms with van der Waals surface area (Å²) in [6.07, 6.45) is 5.48. The highest BCUT2D eigenvalue weighted by atomic mass is 16.3. The third-order valence-electron chi connectivity index (χ3n) is 3.43. The molecule has 1 heterocycles. The number of hydrogen-bond donors (Lipinski definition) is 1. The fourth-order valence-electron chi connectivity index (χ4n) is 2.33. The van der Waals surface area contributed by atoms with Crippen molar-refractivity contribution in [2.75, 3.05) is 20.1 Å². The van der Waals surface area contributed by atoms with E-state index < -0.39 is 0 Å². The molecule has 0 amide bonds. The van der Waals surface area contributed by atoms with Crippen molar-refractivity contribution >= 4 is 6.21 Å². The summed E-state index contributed by atoms with van der Waals surface area (Å²) in [6, 6.07) is 7.98. The number of nitrogens with zero attached hydrogens (tertiary/aromatic N) is 2. The normalized spacial score (nSPS) is 21.4. The van der Waals surface area contributed by atoms with E-state index in [1.807, 2.05) is 18.2 Å². The summed E-state index contributed by atoms with van der Waals surface area (Å²) in [5, 5.41) is 9.56. The van der Waals surface area contributed by atoms with Crippen LogP contribution in [0.25, 0.3) is 0 Å². The first-order chi connectivity index (χ1) is 8.27. The van der Waals surface area contributed by atoms with Crippen molar-refractivity contribution < 1.29 is 5.11 Å². The fraction of sp³-hybridized carbons (Fsp3) is 0.500. The van der Waals surface area contributed by atoms with Crippen molar-refractivity contribution in [1.29, 1.82) is 0 Å². The molecule has 92 valence electrons. The molecule has 1 aromatic rings. The molecule has 1 aromatic carbocycles. The van der Waals surface area contributed by atoms with Crippen LogP contribution in [0, 0.1) is 0 Å². The molecule has 1 aliphatic rings. The highest BCUT2D eigenvalue weighted by Gasteiger charge is 2.19. The zero-order chi connectivity index (χ0) is 12.1. The summed E-state index contributed by atoms with van der Waals surface area (Å²) < 4.78 is 0. The van der Waals surface area contributed by atoms with Crippen molar-refractivity contribution in [3.8, 4) is 5.75 Å². The van der Waals surface area contributed by atoms with Crippen LogP contribution in [-0.4, -0.2) is 42.4 Å². The minimum Gasteiger partial charge on any atom is -0.507 e. The number of phenolic OH excluding ortho intramolecular Hbond substituents is 1. The lowest BCUT2D eigenvalue weighted by Gasteiger charge is -2.17. The molecule has 17 heavy (non-hydrogen) atoms. The number of benzene rings is 1. The molecule has 0 radical (unpaired) electrons. The molecule has 1 N–H and O–H groups in total. The zero-order valence-corrected chi connectivity index (χ0v) is 10.3. The summed E-state index contributed by atoms with van der Waals surface area (Å²) in [5.41, 5.74) is 0.798. The van der Waals surface area contributed by atoms with E-state index in [0.29, 0.717) is 11.8 Å². The molecule has 0 bridgehead atoms. The van der Waals surface area contributed by atoms with Gasteiger partial charge < -0.3 is 10.0 Å². The molecule has 2 rings (SSSR count). The third-order valence-corrected chi connectivity index (χ3v) is 3.43. The van der Waals surface area contributed by atoms with Gasteiger partial charge in [-0.2, -0.15) is 0 Å². The van der Waals surface area contributed by atoms with Gasteiger partial charge in [0.2, 0.25) is 0 Å². The Morgan fingerprint density at radius 1 is 1.47 bits per heavy atom. The van der Waals surface area contributed by atoms with Gasteiger partial charge in [0.1, 0.15) is 5.75 Å². The zero-order valence-electron chi connectivity index (χ0n) is 10.3. The van der Waals surface area contributed by atoms with Gasteiger partial charge >= 0.3 is 0 Å². The first-order valence-electron chi connectivity index (χ1n) is 6.25. The standard InChI is InChI=1S/C14H20N2O/c1-16-10-4-6-13(16)8-9-15-11-12-5-2-3-7-14(12)17/h2-3,5,7,11,13,17H,4,6,8-10H2,1H3/t13-/m0/s1. The lowest BCUT2D eigenvalue weighted by atomic mass is 10.1. The first-order valence-corrected chi connectivity index (χ1v) is 6.25. The SMILES string of the molecule is CN1CCC[C@H]1CCN=Cc1ccccc1O. The van der Waals surface area contributed by atoms with Crippen LogP contribution in [-0.2, 0) is 0 Å². The lowest BCUT2D eigenvalue weighted by Crippen LogP contribution is -2.25. The van der Waals surface area contributed by atoms with E-state index in [-0.39, 0.29) is 0 Å². The van der Waals surface area contributed by atoms with Crippen molar-refractivity contribution in [3.63, 3.8) is 0 Å². The Morgan fingerprint density at radius 3 is 3.00 bits per heavy atom. The largest absolute Gasteiger partial charge is 0.507 e. The molecule has 1 atom stereocenters. The average Bonchev–Trinajstić information content (AvgIpc) is 2.73. The number of phenols is 1. The average molecular weight is 232 g/mol. The van der Waals surface area contributed by atoms with E-state index in [9.17, 15) is 5.11 Å². The molecule has 1 saturated heterocycles. The van der Waals surface area contributed by atoms with Gasteiger partial charge in [-0.25, -0.2) is 0 Å². The van der Waals surface area contributed by atoms with E-state index in [1.165, 1.54) is 19.4 Å². The minimum absolute atomic E-state index is 0.300. The molecular formula is C14H20N2O. The molecule has 3 nitrogen and oxygen atoms in total. The van der Waals surface area contributed by atoms with Crippen molar-refractivity contribution in [2.24, 2.45) is 4.99 Å². The molecular weight excluding hydrogens is 212 g/mol. The number of aliphatic imine (C=N–C) groups is 1. The predicted octanol–water partition coefficient (Wildman–Crippen LogP) is 2.30. The second-order valence-corrected chi connectivity index (χ2v) is 4.66. The Balaban J connectivity index is 1.80. The van der Waals surface area contributed by atoms with Crippen LogP contribution in [0.15, 0.2) is 29.3 Å². The second kappa shape index (κ2) is 5.82. The smallest absolute Gasteiger partial charge is 0.124 e. The van der Waals surface area contributed by atoms with Crippen molar-refractivity contribution in [3.05, 3.63) is 29.8 Å². The van der Waals surface area contributed by atoms with Crippen LogP contribution in [0.3, 0.4) is 0 Å². The van der Waals surface area contributed by atoms with E-state index in [0.717, 1.165) is 18.5 Å². The van der Waals surface area contributed by atoms with Gasteiger partial charge in [0.25, 0.3) is 0 Å². The van der Waals surface area contributed by atoms with E-state index >= 15 is 0 Å². The first kappa shape index (κ1) is 12.1. The van der Waals surface area contributed by atoms with Gasteiger partial charge in [-0.1, -0.05) is 12.1 Å². The summed E-state index contributed by atoms with van der Waals surface area (Å²) in [5.74, 6) is 0.300. The van der Waals surface area contributed by atoms with Gasteiger partial charge in [0, 0.05) is 24.4 Å². The maximum atomic E-state index is 9.56. The number of aromatic hydroxyl groups is 1. The van der Waals surface area contributed by atoms with Gasteiger partial charge in [-0.15, -0.1) is 0 Å². The summed E-state index contributed by atoms with van der Waals surface area (Å²) in [4.78, 5) is 6.80. The van der Waals surface area contributed by atoms with Crippen LogP contribution in [0.5, 0.6) is 5.75 Å². The Hall–Kier alpha value is -1.35. The topological polar surface area (TPSA) is 35.8 Å². The van der Waals surface area contributed by atoms with Crippen LogP contribution < -0.4 is 0 Å². The summed E-state index contributed by atoms with van der Waals surface area (Å²) in [6.45, 7) is 2.05. The molecule has 0 unspecified atom stereocenters. The van der Waals surface area contributed by atoms with Crippen LogP contribution in [0.2, 0.25) is 0 Å². The summed E-state index contributed by atoms with van der Waals surface area (Å²) >= 11 is 0. The number of hydrogen-bond acceptors (Lipinski definition) is 3. The predicted molar refractivity (Wildman–Crippen MR) is 70.8 cm³/mol. The maximum Gasteiger partial charge on any atom is 0.124 e. The lowest BCUT2D eigenvalue weighted by molar-refractivity contribution is 0.300. The molecule has 0 spiro atoms. The van der Waals surface area contributed by atoms with Crippen molar-refractivity contribution in [2.45, 2.75) is 25.3 Å².